The molecule has 1 aromatic carbocycles. The Hall–Kier alpha value is -3.46. The summed E-state index contributed by atoms with van der Waals surface area (Å²) in [5.74, 6) is -3.33. The zero-order chi connectivity index (χ0) is 41.1. The third-order valence-electron chi connectivity index (χ3n) is 12.1. The van der Waals surface area contributed by atoms with E-state index in [0.29, 0.717) is 25.8 Å². The van der Waals surface area contributed by atoms with Gasteiger partial charge in [0.2, 0.25) is 0 Å². The van der Waals surface area contributed by atoms with Crippen molar-refractivity contribution in [2.45, 2.75) is 135 Å². The van der Waals surface area contributed by atoms with Gasteiger partial charge in [0.1, 0.15) is 18.1 Å². The van der Waals surface area contributed by atoms with Crippen molar-refractivity contribution in [3.63, 3.8) is 0 Å². The highest BCUT2D eigenvalue weighted by Gasteiger charge is 2.58. The van der Waals surface area contributed by atoms with E-state index in [1.54, 1.807) is 13.8 Å². The van der Waals surface area contributed by atoms with Crippen molar-refractivity contribution in [3.8, 4) is 0 Å². The molecule has 13 nitrogen and oxygen atoms in total. The molecule has 13 atom stereocenters. The number of hydrogen-bond acceptors (Lipinski definition) is 13. The van der Waals surface area contributed by atoms with Gasteiger partial charge in [-0.3, -0.25) is 19.5 Å². The van der Waals surface area contributed by atoms with E-state index in [1.807, 2.05) is 96.4 Å². The van der Waals surface area contributed by atoms with Gasteiger partial charge in [-0.1, -0.05) is 51.1 Å². The Morgan fingerprint density at radius 2 is 1.79 bits per heavy atom. The standard InChI is InChI=1S/C43H63N3O10/c1-12-34-43(8)38(55-41(50)56-43)29(6)46(11)24-25(2)22-42(7,51-19-15-16-30-21-31-17-13-14-18-32(31)44-23-30)37(27(4)35(47)28(5)39(49)53-34)54-40-36(48)33(45(9)10)20-26(3)52-40/h13-18,21,23,25-29,33-34,36-38,40,48H,12,19-20,22,24H2,1-11H3/b16-15+/t25-,26-,27+,28-,29-,33+,34-,36-,37-,38-,40+,42+,43-/m1/s1. The van der Waals surface area contributed by atoms with Gasteiger partial charge in [0.25, 0.3) is 0 Å². The number of hydrogen-bond donors (Lipinski definition) is 1. The van der Waals surface area contributed by atoms with Crippen molar-refractivity contribution in [1.82, 2.24) is 14.8 Å². The molecule has 0 radical (unpaired) electrons. The minimum absolute atomic E-state index is 0.0492. The van der Waals surface area contributed by atoms with Crippen LogP contribution in [-0.4, -0.2) is 132 Å². The van der Waals surface area contributed by atoms with Crippen LogP contribution in [0.1, 0.15) is 80.2 Å². The fourth-order valence-corrected chi connectivity index (χ4v) is 8.91. The molecule has 310 valence electrons. The molecule has 5 rings (SSSR count). The fraction of sp³-hybridized carbons (Fsp3) is 0.674. The average molecular weight is 782 g/mol. The van der Waals surface area contributed by atoms with E-state index in [2.05, 4.69) is 22.9 Å². The summed E-state index contributed by atoms with van der Waals surface area (Å²) in [5, 5.41) is 12.6. The van der Waals surface area contributed by atoms with Crippen molar-refractivity contribution < 1.29 is 47.9 Å². The smallest absolute Gasteiger partial charge is 0.457 e. The third-order valence-corrected chi connectivity index (χ3v) is 12.1. The molecule has 2 aromatic rings. The number of carbonyl (C=O) groups is 3. The monoisotopic (exact) mass is 781 g/mol. The number of aromatic nitrogens is 1. The van der Waals surface area contributed by atoms with Gasteiger partial charge >= 0.3 is 12.1 Å². The molecule has 3 aliphatic rings. The van der Waals surface area contributed by atoms with Crippen molar-refractivity contribution in [1.29, 1.82) is 0 Å². The molecule has 13 heteroatoms. The number of carbonyl (C=O) groups excluding carboxylic acids is 3. The second kappa shape index (κ2) is 18.0. The number of nitrogens with zero attached hydrogens (tertiary/aromatic N) is 3. The molecule has 3 saturated heterocycles. The van der Waals surface area contributed by atoms with E-state index in [-0.39, 0.29) is 30.7 Å². The first-order valence-corrected chi connectivity index (χ1v) is 20.0. The maximum Gasteiger partial charge on any atom is 0.509 e. The first-order valence-electron chi connectivity index (χ1n) is 20.0. The normalized spacial score (nSPS) is 38.2. The topological polar surface area (TPSA) is 146 Å². The van der Waals surface area contributed by atoms with E-state index in [9.17, 15) is 19.5 Å². The highest BCUT2D eigenvalue weighted by molar-refractivity contribution is 6.00. The predicted molar refractivity (Wildman–Crippen MR) is 212 cm³/mol. The van der Waals surface area contributed by atoms with Crippen LogP contribution in [0.5, 0.6) is 0 Å². The number of aliphatic hydroxyl groups is 1. The quantitative estimate of drug-likeness (QED) is 0.260. The van der Waals surface area contributed by atoms with Crippen LogP contribution in [0.25, 0.3) is 17.0 Å². The molecule has 0 spiro atoms. The zero-order valence-electron chi connectivity index (χ0n) is 35.0. The van der Waals surface area contributed by atoms with E-state index >= 15 is 0 Å². The molecule has 0 amide bonds. The number of rotatable bonds is 8. The van der Waals surface area contributed by atoms with Gasteiger partial charge in [0.05, 0.1) is 29.9 Å². The number of ketones is 1. The van der Waals surface area contributed by atoms with Crippen LogP contribution in [0.2, 0.25) is 0 Å². The maximum absolute atomic E-state index is 14.5. The lowest BCUT2D eigenvalue weighted by Crippen LogP contribution is -2.59. The van der Waals surface area contributed by atoms with Crippen LogP contribution in [0.15, 0.2) is 42.6 Å². The minimum atomic E-state index is -1.29. The van der Waals surface area contributed by atoms with Crippen LogP contribution in [0.3, 0.4) is 0 Å². The number of esters is 1. The van der Waals surface area contributed by atoms with Crippen LogP contribution in [0, 0.1) is 17.8 Å². The molecule has 0 unspecified atom stereocenters. The number of pyridine rings is 1. The highest BCUT2D eigenvalue weighted by atomic mass is 16.8. The molecule has 1 N–H and O–H groups in total. The molecule has 3 aliphatic heterocycles. The van der Waals surface area contributed by atoms with Gasteiger partial charge < -0.3 is 38.4 Å². The summed E-state index contributed by atoms with van der Waals surface area (Å²) in [7, 11) is 5.76. The zero-order valence-corrected chi connectivity index (χ0v) is 35.0. The van der Waals surface area contributed by atoms with Crippen LogP contribution in [-0.2, 0) is 38.0 Å². The van der Waals surface area contributed by atoms with Crippen LogP contribution in [0.4, 0.5) is 4.79 Å². The first kappa shape index (κ1) is 43.7. The molecule has 1 aromatic heterocycles. The third kappa shape index (κ3) is 9.45. The number of aliphatic hydroxyl groups excluding tert-OH is 1. The second-order valence-corrected chi connectivity index (χ2v) is 16.9. The number of fused-ring (bicyclic) bond motifs is 2. The van der Waals surface area contributed by atoms with Gasteiger partial charge in [-0.05, 0) is 98.6 Å². The molecule has 56 heavy (non-hydrogen) atoms. The summed E-state index contributed by atoms with van der Waals surface area (Å²) < 4.78 is 37.5. The number of ether oxygens (including phenoxy) is 6. The summed E-state index contributed by atoms with van der Waals surface area (Å²) in [6.45, 7) is 15.4. The lowest BCUT2D eigenvalue weighted by atomic mass is 9.78. The maximum atomic E-state index is 14.5. The summed E-state index contributed by atoms with van der Waals surface area (Å²) in [6, 6.07) is 9.38. The molecule has 0 aliphatic carbocycles. The number of Topliss-reactive ketones (excluding diaryl/α,β-unsaturated/α-hetero) is 1. The van der Waals surface area contributed by atoms with Crippen molar-refractivity contribution >= 4 is 34.9 Å². The van der Waals surface area contributed by atoms with E-state index < -0.39 is 71.7 Å². The molecule has 3 fully saturated rings. The molecular weight excluding hydrogens is 718 g/mol. The molecule has 0 saturated carbocycles. The lowest BCUT2D eigenvalue weighted by Gasteiger charge is -2.47. The van der Waals surface area contributed by atoms with Gasteiger partial charge in [-0.15, -0.1) is 0 Å². The average Bonchev–Trinajstić information content (AvgIpc) is 3.47. The van der Waals surface area contributed by atoms with Crippen molar-refractivity contribution in [2.75, 3.05) is 34.3 Å². The lowest BCUT2D eigenvalue weighted by molar-refractivity contribution is -0.297. The summed E-state index contributed by atoms with van der Waals surface area (Å²) in [4.78, 5) is 49.7. The second-order valence-electron chi connectivity index (χ2n) is 16.9. The van der Waals surface area contributed by atoms with Crippen molar-refractivity contribution in [3.05, 3.63) is 48.2 Å². The Kier molecular flexibility index (Phi) is 14.0. The van der Waals surface area contributed by atoms with Gasteiger partial charge in [-0.25, -0.2) is 4.79 Å². The molecule has 4 heterocycles. The fourth-order valence-electron chi connectivity index (χ4n) is 8.91. The number of benzene rings is 1. The van der Waals surface area contributed by atoms with E-state index in [1.165, 1.54) is 6.92 Å². The number of cyclic esters (lactones) is 1. The Balaban J connectivity index is 1.54. The molecule has 0 bridgehead atoms. The Morgan fingerprint density at radius 1 is 1.07 bits per heavy atom. The largest absolute Gasteiger partial charge is 0.509 e. The number of likely N-dealkylation sites (N-methyl/N-ethyl adjacent to an activating group) is 2. The van der Waals surface area contributed by atoms with Crippen LogP contribution < -0.4 is 0 Å². The van der Waals surface area contributed by atoms with Gasteiger partial charge in [0.15, 0.2) is 23.8 Å². The van der Waals surface area contributed by atoms with E-state index in [0.717, 1.165) is 16.5 Å². The highest BCUT2D eigenvalue weighted by Crippen LogP contribution is 2.40. The van der Waals surface area contributed by atoms with Crippen molar-refractivity contribution in [2.24, 2.45) is 17.8 Å². The number of para-hydroxylation sites is 1. The summed E-state index contributed by atoms with van der Waals surface area (Å²) in [5.41, 5.74) is -0.629. The predicted octanol–water partition coefficient (Wildman–Crippen LogP) is 5.65. The summed E-state index contributed by atoms with van der Waals surface area (Å²) in [6.07, 6.45) is 1.23. The Labute approximate surface area is 332 Å². The van der Waals surface area contributed by atoms with Gasteiger partial charge in [0, 0.05) is 36.1 Å². The minimum Gasteiger partial charge on any atom is -0.457 e. The molecular formula is C43H63N3O10. The van der Waals surface area contributed by atoms with Gasteiger partial charge in [-0.2, -0.15) is 0 Å². The first-order chi connectivity index (χ1) is 26.4. The van der Waals surface area contributed by atoms with Crippen LogP contribution >= 0.6 is 0 Å². The summed E-state index contributed by atoms with van der Waals surface area (Å²) >= 11 is 0. The Bertz CT molecular complexity index is 1720. The SMILES string of the molecule is CC[C@H]1OC(=O)[C@H](C)C(=O)[C@H](C)[C@@H](O[C@@H]2O[C@H](C)C[C@H](N(C)C)[C@H]2O)[C@@](C)(OC/C=C/c2cnc3ccccc3c2)C[C@@H](C)CN(C)[C@H](C)[C@H]2OC(=O)O[C@@]21C. The van der Waals surface area contributed by atoms with E-state index in [4.69, 9.17) is 28.4 Å². The Morgan fingerprint density at radius 3 is 2.48 bits per heavy atom.